The number of fused-ring (bicyclic) bond motifs is 14. The molecule has 1 spiro atoms. The summed E-state index contributed by atoms with van der Waals surface area (Å²) >= 11 is 0. The molecule has 3 heteroatoms. The standard InChI is InChI=1S/C55H33NO2/c1-3-17-39-34(12-1)14-11-24-49(39)56(37-27-30-42-44-29-26-35-13-2-4-18-40(35)54(44)58-51(42)32-37)38-28-31-47-52(33-38)57-50-25-8-7-22-46(50)55(47)45-21-6-5-19-41(45)43-20-9-15-36-16-10-23-48(55)53(36)43/h1-33H. The van der Waals surface area contributed by atoms with Gasteiger partial charge in [0.2, 0.25) is 0 Å². The fourth-order valence-electron chi connectivity index (χ4n) is 10.3. The number of hydrogen-bond acceptors (Lipinski definition) is 3. The van der Waals surface area contributed by atoms with Gasteiger partial charge in [0.15, 0.2) is 0 Å². The van der Waals surface area contributed by atoms with Crippen molar-refractivity contribution in [1.82, 2.24) is 0 Å². The van der Waals surface area contributed by atoms with E-state index in [-0.39, 0.29) is 0 Å². The molecule has 1 unspecified atom stereocenters. The van der Waals surface area contributed by atoms with E-state index < -0.39 is 5.41 Å². The molecule has 2 aliphatic rings. The molecule has 3 nitrogen and oxygen atoms in total. The summed E-state index contributed by atoms with van der Waals surface area (Å²) in [5.41, 5.74) is 11.6. The Morgan fingerprint density at radius 3 is 1.91 bits per heavy atom. The van der Waals surface area contributed by atoms with Crippen molar-refractivity contribution in [2.75, 3.05) is 4.90 Å². The smallest absolute Gasteiger partial charge is 0.143 e. The first-order valence-corrected chi connectivity index (χ1v) is 19.9. The van der Waals surface area contributed by atoms with Crippen LogP contribution in [0.3, 0.4) is 0 Å². The first-order valence-electron chi connectivity index (χ1n) is 19.9. The number of ether oxygens (including phenoxy) is 1. The van der Waals surface area contributed by atoms with Gasteiger partial charge in [-0.3, -0.25) is 0 Å². The van der Waals surface area contributed by atoms with Crippen LogP contribution in [0.4, 0.5) is 17.1 Å². The first kappa shape index (κ1) is 31.6. The largest absolute Gasteiger partial charge is 0.457 e. The van der Waals surface area contributed by atoms with Gasteiger partial charge in [-0.1, -0.05) is 152 Å². The summed E-state index contributed by atoms with van der Waals surface area (Å²) in [4.78, 5) is 2.36. The highest BCUT2D eigenvalue weighted by molar-refractivity contribution is 6.15. The zero-order chi connectivity index (χ0) is 38.0. The van der Waals surface area contributed by atoms with Gasteiger partial charge in [0.1, 0.15) is 22.7 Å². The van der Waals surface area contributed by atoms with Gasteiger partial charge < -0.3 is 14.1 Å². The Bertz CT molecular complexity index is 3510. The average Bonchev–Trinajstić information content (AvgIpc) is 3.66. The van der Waals surface area contributed by atoms with E-state index in [0.29, 0.717) is 0 Å². The van der Waals surface area contributed by atoms with Crippen LogP contribution in [0, 0.1) is 0 Å². The Hall–Kier alpha value is -7.62. The van der Waals surface area contributed by atoms with Crippen LogP contribution in [0.5, 0.6) is 11.5 Å². The second-order valence-corrected chi connectivity index (χ2v) is 15.6. The van der Waals surface area contributed by atoms with Crippen molar-refractivity contribution in [3.8, 4) is 22.6 Å². The Morgan fingerprint density at radius 2 is 1.00 bits per heavy atom. The molecule has 0 saturated carbocycles. The SMILES string of the molecule is c1ccc2c(c1)Oc1cc(N(c3ccc4c(c3)oc3c5ccccc5ccc43)c3cccc4ccccc34)ccc1C21c2ccccc2-c2cccc3cccc1c23. The number of furan rings is 1. The lowest BCUT2D eigenvalue weighted by atomic mass is 9.58. The van der Waals surface area contributed by atoms with Gasteiger partial charge in [0.05, 0.1) is 11.1 Å². The number of nitrogens with zero attached hydrogens (tertiary/aromatic N) is 1. The maximum atomic E-state index is 7.06. The predicted octanol–water partition coefficient (Wildman–Crippen LogP) is 15.0. The maximum Gasteiger partial charge on any atom is 0.143 e. The molecule has 270 valence electrons. The van der Waals surface area contributed by atoms with Crippen molar-refractivity contribution >= 4 is 71.3 Å². The van der Waals surface area contributed by atoms with Gasteiger partial charge >= 0.3 is 0 Å². The highest BCUT2D eigenvalue weighted by atomic mass is 16.5. The highest BCUT2D eigenvalue weighted by Crippen LogP contribution is 2.61. The normalized spacial score (nSPS) is 15.1. The van der Waals surface area contributed by atoms with E-state index in [4.69, 9.17) is 9.15 Å². The zero-order valence-electron chi connectivity index (χ0n) is 31.3. The zero-order valence-corrected chi connectivity index (χ0v) is 31.3. The van der Waals surface area contributed by atoms with Crippen LogP contribution in [0.2, 0.25) is 0 Å². The number of benzene rings is 10. The van der Waals surface area contributed by atoms with Crippen LogP contribution in [0.25, 0.3) is 65.4 Å². The minimum absolute atomic E-state index is 0.604. The number of anilines is 3. The topological polar surface area (TPSA) is 25.6 Å². The van der Waals surface area contributed by atoms with Gasteiger partial charge in [-0.2, -0.15) is 0 Å². The third-order valence-electron chi connectivity index (χ3n) is 12.7. The lowest BCUT2D eigenvalue weighted by Gasteiger charge is -2.45. The van der Waals surface area contributed by atoms with Crippen molar-refractivity contribution in [1.29, 1.82) is 0 Å². The number of rotatable bonds is 3. The fraction of sp³-hybridized carbons (Fsp3) is 0.0182. The van der Waals surface area contributed by atoms with Crippen LogP contribution in [-0.2, 0) is 5.41 Å². The van der Waals surface area contributed by atoms with Crippen LogP contribution < -0.4 is 9.64 Å². The predicted molar refractivity (Wildman–Crippen MR) is 238 cm³/mol. The summed E-state index contributed by atoms with van der Waals surface area (Å²) < 4.78 is 13.8. The van der Waals surface area contributed by atoms with E-state index in [2.05, 4.69) is 205 Å². The molecule has 1 aliphatic carbocycles. The second-order valence-electron chi connectivity index (χ2n) is 15.6. The second kappa shape index (κ2) is 11.7. The van der Waals surface area contributed by atoms with Gasteiger partial charge in [-0.15, -0.1) is 0 Å². The summed E-state index contributed by atoms with van der Waals surface area (Å²) in [5.74, 6) is 1.70. The highest BCUT2D eigenvalue weighted by Gasteiger charge is 2.49. The quantitative estimate of drug-likeness (QED) is 0.180. The van der Waals surface area contributed by atoms with Crippen LogP contribution in [-0.4, -0.2) is 0 Å². The first-order chi connectivity index (χ1) is 28.8. The molecule has 1 aliphatic heterocycles. The van der Waals surface area contributed by atoms with E-state index in [1.807, 2.05) is 0 Å². The molecular formula is C55H33NO2. The van der Waals surface area contributed by atoms with E-state index in [1.54, 1.807) is 0 Å². The molecule has 0 N–H and O–H groups in total. The van der Waals surface area contributed by atoms with E-state index >= 15 is 0 Å². The molecule has 1 atom stereocenters. The number of para-hydroxylation sites is 1. The van der Waals surface area contributed by atoms with Crippen LogP contribution in [0.1, 0.15) is 22.3 Å². The minimum atomic E-state index is -0.604. The molecule has 2 heterocycles. The van der Waals surface area contributed by atoms with Crippen molar-refractivity contribution in [2.45, 2.75) is 5.41 Å². The third-order valence-corrected chi connectivity index (χ3v) is 12.7. The minimum Gasteiger partial charge on any atom is -0.457 e. The van der Waals surface area contributed by atoms with Crippen LogP contribution >= 0.6 is 0 Å². The monoisotopic (exact) mass is 739 g/mol. The summed E-state index contributed by atoms with van der Waals surface area (Å²) in [6.45, 7) is 0. The Morgan fingerprint density at radius 1 is 0.379 bits per heavy atom. The van der Waals surface area contributed by atoms with Gasteiger partial charge in [0, 0.05) is 56.2 Å². The maximum absolute atomic E-state index is 7.06. The Balaban J connectivity index is 1.08. The summed E-state index contributed by atoms with van der Waals surface area (Å²) in [5, 5.41) is 9.36. The molecule has 11 aromatic rings. The lowest BCUT2D eigenvalue weighted by molar-refractivity contribution is 0.435. The van der Waals surface area contributed by atoms with Gasteiger partial charge in [-0.05, 0) is 80.2 Å². The Labute approximate surface area is 334 Å². The Kier molecular flexibility index (Phi) is 6.37. The molecule has 13 rings (SSSR count). The van der Waals surface area contributed by atoms with Crippen molar-refractivity contribution in [3.63, 3.8) is 0 Å². The molecule has 0 saturated heterocycles. The summed E-state index contributed by atoms with van der Waals surface area (Å²) in [6.07, 6.45) is 0. The summed E-state index contributed by atoms with van der Waals surface area (Å²) in [7, 11) is 0. The van der Waals surface area contributed by atoms with E-state index in [9.17, 15) is 0 Å². The van der Waals surface area contributed by atoms with Crippen molar-refractivity contribution in [3.05, 3.63) is 222 Å². The molecule has 0 fully saturated rings. The molecule has 58 heavy (non-hydrogen) atoms. The molecule has 0 amide bonds. The molecule has 1 aromatic heterocycles. The fourth-order valence-corrected chi connectivity index (χ4v) is 10.3. The summed E-state index contributed by atoms with van der Waals surface area (Å²) in [6, 6.07) is 72.4. The average molecular weight is 740 g/mol. The molecule has 0 bridgehead atoms. The van der Waals surface area contributed by atoms with Gasteiger partial charge in [-0.25, -0.2) is 0 Å². The third kappa shape index (κ3) is 4.17. The van der Waals surface area contributed by atoms with E-state index in [1.165, 1.54) is 43.8 Å². The van der Waals surface area contributed by atoms with Crippen molar-refractivity contribution < 1.29 is 9.15 Å². The van der Waals surface area contributed by atoms with E-state index in [0.717, 1.165) is 72.4 Å². The molecule has 0 radical (unpaired) electrons. The molecule has 10 aromatic carbocycles. The molecular weight excluding hydrogens is 707 g/mol. The van der Waals surface area contributed by atoms with Crippen LogP contribution in [0.15, 0.2) is 205 Å². The van der Waals surface area contributed by atoms with Crippen molar-refractivity contribution in [2.24, 2.45) is 0 Å². The van der Waals surface area contributed by atoms with Gasteiger partial charge in [0.25, 0.3) is 0 Å². The number of hydrogen-bond donors (Lipinski definition) is 0. The lowest BCUT2D eigenvalue weighted by Crippen LogP contribution is -2.36.